The molecule has 0 amide bonds. The van der Waals surface area contributed by atoms with Gasteiger partial charge < -0.3 is 5.11 Å². The molecule has 3 rings (SSSR count). The second-order valence-electron chi connectivity index (χ2n) is 4.14. The van der Waals surface area contributed by atoms with E-state index in [4.69, 9.17) is 11.6 Å². The zero-order valence-corrected chi connectivity index (χ0v) is 10.8. The number of aliphatic hydroxyl groups is 1. The lowest BCUT2D eigenvalue weighted by Crippen LogP contribution is -2.12. The highest BCUT2D eigenvalue weighted by molar-refractivity contribution is 7.22. The molecule has 1 atom stereocenters. The van der Waals surface area contributed by atoms with E-state index in [1.807, 2.05) is 23.0 Å². The van der Waals surface area contributed by atoms with Gasteiger partial charge in [0, 0.05) is 15.5 Å². The lowest BCUT2D eigenvalue weighted by Gasteiger charge is -2.06. The summed E-state index contributed by atoms with van der Waals surface area (Å²) in [6, 6.07) is 6.06. The smallest absolute Gasteiger partial charge is 0.0941 e. The van der Waals surface area contributed by atoms with E-state index in [9.17, 15) is 5.11 Å². The van der Waals surface area contributed by atoms with Gasteiger partial charge in [-0.1, -0.05) is 11.6 Å². The molecule has 3 aromatic rings. The molecular weight excluding hydrogens is 256 g/mol. The van der Waals surface area contributed by atoms with Crippen LogP contribution < -0.4 is 0 Å². The first-order chi connectivity index (χ1) is 8.15. The Morgan fingerprint density at radius 3 is 3.12 bits per heavy atom. The minimum Gasteiger partial charge on any atom is -0.391 e. The minimum absolute atomic E-state index is 0.414. The van der Waals surface area contributed by atoms with Crippen LogP contribution in [0.3, 0.4) is 0 Å². The van der Waals surface area contributed by atoms with Crippen molar-refractivity contribution in [2.45, 2.75) is 19.6 Å². The van der Waals surface area contributed by atoms with Gasteiger partial charge in [0.1, 0.15) is 0 Å². The Hall–Kier alpha value is -1.10. The largest absolute Gasteiger partial charge is 0.391 e. The number of benzene rings is 1. The van der Waals surface area contributed by atoms with Crippen LogP contribution in [0.5, 0.6) is 0 Å². The predicted molar refractivity (Wildman–Crippen MR) is 71.8 cm³/mol. The third-order valence-electron chi connectivity index (χ3n) is 2.71. The maximum absolute atomic E-state index is 9.48. The van der Waals surface area contributed by atoms with Crippen molar-refractivity contribution in [3.05, 3.63) is 28.7 Å². The number of halogens is 1. The highest BCUT2D eigenvalue weighted by Crippen LogP contribution is 2.34. The fraction of sp³-hybridized carbons (Fsp3) is 0.250. The van der Waals surface area contributed by atoms with E-state index in [1.165, 1.54) is 0 Å². The molecule has 2 aromatic heterocycles. The molecule has 1 unspecified atom stereocenters. The molecule has 0 bridgehead atoms. The fourth-order valence-corrected chi connectivity index (χ4v) is 3.20. The second-order valence-corrected chi connectivity index (χ2v) is 5.86. The quantitative estimate of drug-likeness (QED) is 0.773. The van der Waals surface area contributed by atoms with Crippen LogP contribution in [-0.2, 0) is 6.54 Å². The lowest BCUT2D eigenvalue weighted by atomic mass is 10.2. The third-order valence-corrected chi connectivity index (χ3v) is 3.93. The van der Waals surface area contributed by atoms with Gasteiger partial charge in [-0.05, 0) is 25.1 Å². The first kappa shape index (κ1) is 11.0. The Morgan fingerprint density at radius 1 is 1.53 bits per heavy atom. The SMILES string of the molecule is CC(O)Cn1ncc2ccc3sc(Cl)cc3c21. The van der Waals surface area contributed by atoms with Crippen molar-refractivity contribution in [3.63, 3.8) is 0 Å². The molecule has 0 spiro atoms. The van der Waals surface area contributed by atoms with Crippen LogP contribution in [0.2, 0.25) is 4.34 Å². The second kappa shape index (κ2) is 3.98. The molecule has 0 saturated heterocycles. The standard InChI is InChI=1S/C12H11ClN2OS/c1-7(16)6-15-12-8(5-14-15)2-3-10-9(12)4-11(13)17-10/h2-5,7,16H,6H2,1H3. The number of thiophene rings is 1. The molecule has 0 aliphatic heterocycles. The van der Waals surface area contributed by atoms with E-state index in [-0.39, 0.29) is 0 Å². The Kier molecular flexibility index (Phi) is 2.58. The van der Waals surface area contributed by atoms with Crippen LogP contribution in [0.15, 0.2) is 24.4 Å². The zero-order chi connectivity index (χ0) is 12.0. The van der Waals surface area contributed by atoms with Crippen LogP contribution in [0.4, 0.5) is 0 Å². The molecule has 1 N–H and O–H groups in total. The number of aliphatic hydroxyl groups excluding tert-OH is 1. The summed E-state index contributed by atoms with van der Waals surface area (Å²) in [5.41, 5.74) is 1.05. The summed E-state index contributed by atoms with van der Waals surface area (Å²) in [6.45, 7) is 2.25. The Balaban J connectivity index is 2.33. The predicted octanol–water partition coefficient (Wildman–Crippen LogP) is 3.29. The lowest BCUT2D eigenvalue weighted by molar-refractivity contribution is 0.170. The molecule has 1 aromatic carbocycles. The summed E-state index contributed by atoms with van der Waals surface area (Å²) in [5.74, 6) is 0. The Morgan fingerprint density at radius 2 is 2.35 bits per heavy atom. The number of aromatic nitrogens is 2. The molecular formula is C12H11ClN2OS. The van der Waals surface area contributed by atoms with E-state index in [1.54, 1.807) is 18.3 Å². The molecule has 0 aliphatic rings. The Bertz CT molecular complexity index is 686. The minimum atomic E-state index is -0.414. The van der Waals surface area contributed by atoms with E-state index in [0.717, 1.165) is 25.3 Å². The topological polar surface area (TPSA) is 38.0 Å². The van der Waals surface area contributed by atoms with Gasteiger partial charge in [0.15, 0.2) is 0 Å². The monoisotopic (exact) mass is 266 g/mol. The number of nitrogens with zero attached hydrogens (tertiary/aromatic N) is 2. The van der Waals surface area contributed by atoms with Crippen molar-refractivity contribution in [1.29, 1.82) is 0 Å². The van der Waals surface area contributed by atoms with Crippen molar-refractivity contribution >= 4 is 43.9 Å². The van der Waals surface area contributed by atoms with Crippen molar-refractivity contribution < 1.29 is 5.11 Å². The molecule has 0 saturated carbocycles. The van der Waals surface area contributed by atoms with Crippen LogP contribution >= 0.6 is 22.9 Å². The number of hydrogen-bond donors (Lipinski definition) is 1. The van der Waals surface area contributed by atoms with E-state index < -0.39 is 6.10 Å². The van der Waals surface area contributed by atoms with Gasteiger partial charge >= 0.3 is 0 Å². The van der Waals surface area contributed by atoms with Crippen LogP contribution in [0.1, 0.15) is 6.92 Å². The number of hydrogen-bond acceptors (Lipinski definition) is 3. The van der Waals surface area contributed by atoms with Crippen molar-refractivity contribution in [2.75, 3.05) is 0 Å². The first-order valence-electron chi connectivity index (χ1n) is 5.37. The van der Waals surface area contributed by atoms with Gasteiger partial charge in [-0.25, -0.2) is 0 Å². The average molecular weight is 267 g/mol. The van der Waals surface area contributed by atoms with Gasteiger partial charge in [0.2, 0.25) is 0 Å². The molecule has 88 valence electrons. The van der Waals surface area contributed by atoms with E-state index in [0.29, 0.717) is 6.54 Å². The summed E-state index contributed by atoms with van der Waals surface area (Å²) in [6.07, 6.45) is 1.41. The summed E-state index contributed by atoms with van der Waals surface area (Å²) in [7, 11) is 0. The average Bonchev–Trinajstić information content (AvgIpc) is 2.79. The molecule has 0 aliphatic carbocycles. The summed E-state index contributed by atoms with van der Waals surface area (Å²) in [5, 5.41) is 16.0. The van der Waals surface area contributed by atoms with E-state index >= 15 is 0 Å². The summed E-state index contributed by atoms with van der Waals surface area (Å²) in [4.78, 5) is 0. The molecule has 17 heavy (non-hydrogen) atoms. The molecule has 2 heterocycles. The molecule has 0 fully saturated rings. The highest BCUT2D eigenvalue weighted by Gasteiger charge is 2.11. The van der Waals surface area contributed by atoms with Gasteiger partial charge in [-0.3, -0.25) is 4.68 Å². The number of rotatable bonds is 2. The van der Waals surface area contributed by atoms with Crippen molar-refractivity contribution in [2.24, 2.45) is 0 Å². The summed E-state index contributed by atoms with van der Waals surface area (Å²) < 4.78 is 3.76. The van der Waals surface area contributed by atoms with Crippen LogP contribution in [0, 0.1) is 0 Å². The molecule has 5 heteroatoms. The first-order valence-corrected chi connectivity index (χ1v) is 6.56. The Labute approximate surface area is 107 Å². The number of fused-ring (bicyclic) bond motifs is 3. The third kappa shape index (κ3) is 1.82. The fourth-order valence-electron chi connectivity index (χ4n) is 2.05. The molecule has 0 radical (unpaired) electrons. The normalized spacial score (nSPS) is 13.6. The molecule has 3 nitrogen and oxygen atoms in total. The van der Waals surface area contributed by atoms with Gasteiger partial charge in [-0.2, -0.15) is 5.10 Å². The van der Waals surface area contributed by atoms with Gasteiger partial charge in [-0.15, -0.1) is 11.3 Å². The zero-order valence-electron chi connectivity index (χ0n) is 9.22. The highest BCUT2D eigenvalue weighted by atomic mass is 35.5. The van der Waals surface area contributed by atoms with Gasteiger partial charge in [0.25, 0.3) is 0 Å². The van der Waals surface area contributed by atoms with Gasteiger partial charge in [0.05, 0.1) is 28.7 Å². The van der Waals surface area contributed by atoms with Crippen molar-refractivity contribution in [1.82, 2.24) is 9.78 Å². The van der Waals surface area contributed by atoms with Crippen LogP contribution in [0.25, 0.3) is 21.0 Å². The van der Waals surface area contributed by atoms with Crippen molar-refractivity contribution in [3.8, 4) is 0 Å². The summed E-state index contributed by atoms with van der Waals surface area (Å²) >= 11 is 7.61. The van der Waals surface area contributed by atoms with E-state index in [2.05, 4.69) is 11.2 Å². The maximum atomic E-state index is 9.48. The maximum Gasteiger partial charge on any atom is 0.0941 e. The van der Waals surface area contributed by atoms with Crippen LogP contribution in [-0.4, -0.2) is 21.0 Å².